The highest BCUT2D eigenvalue weighted by atomic mass is 31.2. The van der Waals surface area contributed by atoms with Crippen LogP contribution in [0, 0.1) is 0 Å². The molecule has 2 rings (SSSR count). The predicted molar refractivity (Wildman–Crippen MR) is 126 cm³/mol. The smallest absolute Gasteiger partial charge is 0.379 e. The summed E-state index contributed by atoms with van der Waals surface area (Å²) in [6.07, 6.45) is 1.63. The van der Waals surface area contributed by atoms with E-state index in [0.717, 1.165) is 12.0 Å². The molecule has 1 unspecified atom stereocenters. The lowest BCUT2D eigenvalue weighted by molar-refractivity contribution is 0.106. The number of Topliss-reactive ketones (excluding diaryl/α,β-unsaturated/α-hetero) is 1. The average Bonchev–Trinajstić information content (AvgIpc) is 2.73. The Morgan fingerprint density at radius 3 is 2.23 bits per heavy atom. The number of nitrogens with zero attached hydrogens (tertiary/aromatic N) is 1. The van der Waals surface area contributed by atoms with E-state index >= 15 is 0 Å². The summed E-state index contributed by atoms with van der Waals surface area (Å²) in [6, 6.07) is 14.2. The average molecular weight is 445 g/mol. The molecule has 0 amide bonds. The highest BCUT2D eigenvalue weighted by Gasteiger charge is 2.28. The summed E-state index contributed by atoms with van der Waals surface area (Å²) >= 11 is 0. The van der Waals surface area contributed by atoms with Crippen molar-refractivity contribution in [2.24, 2.45) is 10.9 Å². The molecule has 0 aliphatic heterocycles. The second-order valence-corrected chi connectivity index (χ2v) is 10.5. The molecule has 0 spiro atoms. The monoisotopic (exact) mass is 444 g/mol. The number of hydrogen-bond donors (Lipinski definition) is 1. The van der Waals surface area contributed by atoms with Gasteiger partial charge in [-0.25, -0.2) is 4.57 Å². The van der Waals surface area contributed by atoms with Crippen molar-refractivity contribution in [1.82, 2.24) is 0 Å². The SMILES string of the molecule is CCCOP(=O)(CCC)Oc1ccccc1/C(=N\N)C(=O)c1ccc(C(C)(C)C)cc1. The van der Waals surface area contributed by atoms with E-state index in [9.17, 15) is 9.36 Å². The number of benzene rings is 2. The normalized spacial score (nSPS) is 14.2. The van der Waals surface area contributed by atoms with Crippen LogP contribution in [0.2, 0.25) is 0 Å². The molecule has 0 aliphatic rings. The van der Waals surface area contributed by atoms with Crippen LogP contribution in [0.25, 0.3) is 0 Å². The molecule has 1 atom stereocenters. The minimum absolute atomic E-state index is 0.0221. The maximum absolute atomic E-state index is 13.2. The van der Waals surface area contributed by atoms with Crippen LogP contribution >= 0.6 is 7.60 Å². The highest BCUT2D eigenvalue weighted by molar-refractivity contribution is 7.54. The Hall–Kier alpha value is -2.43. The first kappa shape index (κ1) is 24.8. The topological polar surface area (TPSA) is 91.0 Å². The number of para-hydroxylation sites is 1. The standard InChI is InChI=1S/C24H33N2O4P/c1-6-16-29-31(28,17-7-2)30-21-11-9-8-10-20(21)22(26-25)23(27)18-12-14-19(15-13-18)24(3,4)5/h8-15H,6-7,16-17,25H2,1-5H3/b26-22+. The van der Waals surface area contributed by atoms with Gasteiger partial charge in [0, 0.05) is 11.1 Å². The fraction of sp³-hybridized carbons (Fsp3) is 0.417. The van der Waals surface area contributed by atoms with Gasteiger partial charge in [-0.15, -0.1) is 0 Å². The summed E-state index contributed by atoms with van der Waals surface area (Å²) in [5, 5.41) is 3.76. The number of hydrogen-bond acceptors (Lipinski definition) is 6. The van der Waals surface area contributed by atoms with Crippen LogP contribution in [0.4, 0.5) is 0 Å². The molecular weight excluding hydrogens is 411 g/mol. The van der Waals surface area contributed by atoms with Gasteiger partial charge in [0.15, 0.2) is 0 Å². The zero-order valence-corrected chi connectivity index (χ0v) is 19.9. The van der Waals surface area contributed by atoms with Gasteiger partial charge in [-0.3, -0.25) is 9.32 Å². The van der Waals surface area contributed by atoms with Gasteiger partial charge in [-0.05, 0) is 36.0 Å². The maximum Gasteiger partial charge on any atom is 0.379 e. The number of nitrogens with two attached hydrogens (primary N) is 1. The Morgan fingerprint density at radius 2 is 1.68 bits per heavy atom. The van der Waals surface area contributed by atoms with E-state index in [1.165, 1.54) is 0 Å². The number of hydrazone groups is 1. The minimum Gasteiger partial charge on any atom is -0.424 e. The fourth-order valence-electron chi connectivity index (χ4n) is 3.04. The second-order valence-electron chi connectivity index (χ2n) is 8.39. The molecule has 0 saturated heterocycles. The Kier molecular flexibility index (Phi) is 8.60. The van der Waals surface area contributed by atoms with Gasteiger partial charge >= 0.3 is 7.60 Å². The molecule has 168 valence electrons. The largest absolute Gasteiger partial charge is 0.424 e. The van der Waals surface area contributed by atoms with Gasteiger partial charge in [0.25, 0.3) is 0 Å². The van der Waals surface area contributed by atoms with Crippen LogP contribution in [0.15, 0.2) is 53.6 Å². The lowest BCUT2D eigenvalue weighted by Gasteiger charge is -2.21. The van der Waals surface area contributed by atoms with Crippen LogP contribution in [-0.4, -0.2) is 24.3 Å². The molecule has 2 aromatic carbocycles. The summed E-state index contributed by atoms with van der Waals surface area (Å²) < 4.78 is 24.6. The Morgan fingerprint density at radius 1 is 1.03 bits per heavy atom. The molecule has 0 aromatic heterocycles. The lowest BCUT2D eigenvalue weighted by atomic mass is 9.86. The summed E-state index contributed by atoms with van der Waals surface area (Å²) in [7, 11) is -3.37. The van der Waals surface area contributed by atoms with Crippen LogP contribution in [0.3, 0.4) is 0 Å². The first-order chi connectivity index (χ1) is 14.6. The van der Waals surface area contributed by atoms with Gasteiger partial charge in [0.2, 0.25) is 5.78 Å². The summed E-state index contributed by atoms with van der Waals surface area (Å²) in [4.78, 5) is 13.2. The zero-order valence-electron chi connectivity index (χ0n) is 19.1. The molecule has 0 radical (unpaired) electrons. The first-order valence-electron chi connectivity index (χ1n) is 10.6. The molecular formula is C24H33N2O4P. The van der Waals surface area contributed by atoms with Crippen LogP contribution in [0.5, 0.6) is 5.75 Å². The molecule has 31 heavy (non-hydrogen) atoms. The van der Waals surface area contributed by atoms with E-state index in [-0.39, 0.29) is 28.8 Å². The van der Waals surface area contributed by atoms with Gasteiger partial charge in [-0.1, -0.05) is 71.0 Å². The van der Waals surface area contributed by atoms with E-state index in [1.54, 1.807) is 36.4 Å². The van der Waals surface area contributed by atoms with Crippen LogP contribution in [-0.2, 0) is 14.5 Å². The first-order valence-corrected chi connectivity index (χ1v) is 12.3. The third-order valence-corrected chi connectivity index (χ3v) is 6.77. The Bertz CT molecular complexity index is 962. The number of carbonyl (C=O) groups is 1. The number of rotatable bonds is 10. The minimum atomic E-state index is -3.37. The quantitative estimate of drug-likeness (QED) is 0.161. The van der Waals surface area contributed by atoms with E-state index in [2.05, 4.69) is 25.9 Å². The van der Waals surface area contributed by atoms with Crippen LogP contribution < -0.4 is 10.4 Å². The van der Waals surface area contributed by atoms with Gasteiger partial charge in [0.05, 0.1) is 12.8 Å². The van der Waals surface area contributed by atoms with Crippen molar-refractivity contribution >= 4 is 19.1 Å². The number of ketones is 1. The summed E-state index contributed by atoms with van der Waals surface area (Å²) in [5.41, 5.74) is 1.98. The fourth-order valence-corrected chi connectivity index (χ4v) is 4.78. The van der Waals surface area contributed by atoms with Crippen molar-refractivity contribution < 1.29 is 18.4 Å². The molecule has 0 fully saturated rings. The predicted octanol–water partition coefficient (Wildman–Crippen LogP) is 5.94. The zero-order chi connectivity index (χ0) is 23.1. The van der Waals surface area contributed by atoms with E-state index in [1.807, 2.05) is 26.0 Å². The summed E-state index contributed by atoms with van der Waals surface area (Å²) in [5.74, 6) is 5.55. The Labute approximate surface area is 185 Å². The highest BCUT2D eigenvalue weighted by Crippen LogP contribution is 2.49. The summed E-state index contributed by atoms with van der Waals surface area (Å²) in [6.45, 7) is 10.5. The molecule has 0 aliphatic carbocycles. The second kappa shape index (κ2) is 10.7. The van der Waals surface area contributed by atoms with Gasteiger partial charge in [-0.2, -0.15) is 5.10 Å². The van der Waals surface area contributed by atoms with Gasteiger partial charge in [0.1, 0.15) is 11.5 Å². The molecule has 2 aromatic rings. The molecule has 0 saturated carbocycles. The van der Waals surface area contributed by atoms with Crippen molar-refractivity contribution in [3.8, 4) is 5.75 Å². The lowest BCUT2D eigenvalue weighted by Crippen LogP contribution is -2.19. The number of carbonyl (C=O) groups excluding carboxylic acids is 1. The van der Waals surface area contributed by atoms with E-state index < -0.39 is 7.60 Å². The van der Waals surface area contributed by atoms with Crippen molar-refractivity contribution in [2.75, 3.05) is 12.8 Å². The third kappa shape index (κ3) is 6.52. The van der Waals surface area contributed by atoms with Crippen molar-refractivity contribution in [3.63, 3.8) is 0 Å². The van der Waals surface area contributed by atoms with E-state index in [4.69, 9.17) is 14.9 Å². The van der Waals surface area contributed by atoms with Crippen molar-refractivity contribution in [3.05, 3.63) is 65.2 Å². The third-order valence-electron chi connectivity index (χ3n) is 4.73. The Balaban J connectivity index is 2.38. The maximum atomic E-state index is 13.2. The van der Waals surface area contributed by atoms with Crippen LogP contribution in [0.1, 0.15) is 68.9 Å². The van der Waals surface area contributed by atoms with Crippen molar-refractivity contribution in [1.29, 1.82) is 0 Å². The molecule has 7 heteroatoms. The molecule has 2 N–H and O–H groups in total. The molecule has 0 bridgehead atoms. The van der Waals surface area contributed by atoms with Crippen molar-refractivity contribution in [2.45, 2.75) is 52.9 Å². The van der Waals surface area contributed by atoms with E-state index in [0.29, 0.717) is 24.2 Å². The molecule has 0 heterocycles. The molecule has 6 nitrogen and oxygen atoms in total. The van der Waals surface area contributed by atoms with Gasteiger partial charge < -0.3 is 10.4 Å².